The van der Waals surface area contributed by atoms with Crippen LogP contribution in [0, 0.1) is 11.8 Å². The molecule has 1 aromatic heterocycles. The van der Waals surface area contributed by atoms with Crippen LogP contribution in [0.5, 0.6) is 0 Å². The van der Waals surface area contributed by atoms with Gasteiger partial charge in [-0.2, -0.15) is 0 Å². The minimum Gasteiger partial charge on any atom is -0.337 e. The predicted molar refractivity (Wildman–Crippen MR) is 131 cm³/mol. The van der Waals surface area contributed by atoms with Crippen molar-refractivity contribution in [1.29, 1.82) is 0 Å². The number of hydrogen-bond acceptors (Lipinski definition) is 4. The van der Waals surface area contributed by atoms with Crippen LogP contribution in [-0.2, 0) is 22.4 Å². The fourth-order valence-corrected chi connectivity index (χ4v) is 6.47. The molecular formula is C28H34N4O2. The molecule has 1 aliphatic heterocycles. The largest absolute Gasteiger partial charge is 0.337 e. The zero-order chi connectivity index (χ0) is 23.3. The number of carbonyl (C=O) groups is 2. The average Bonchev–Trinajstić information content (AvgIpc) is 3.25. The van der Waals surface area contributed by atoms with Gasteiger partial charge in [0.25, 0.3) is 0 Å². The van der Waals surface area contributed by atoms with Crippen molar-refractivity contribution in [3.8, 4) is 0 Å². The van der Waals surface area contributed by atoms with Gasteiger partial charge in [0.15, 0.2) is 0 Å². The second kappa shape index (κ2) is 8.49. The van der Waals surface area contributed by atoms with Crippen LogP contribution in [0.1, 0.15) is 61.6 Å². The first-order chi connectivity index (χ1) is 16.5. The van der Waals surface area contributed by atoms with Gasteiger partial charge >= 0.3 is 0 Å². The van der Waals surface area contributed by atoms with E-state index in [0.717, 1.165) is 58.0 Å². The Balaban J connectivity index is 1.09. The highest BCUT2D eigenvalue weighted by atomic mass is 16.2. The summed E-state index contributed by atoms with van der Waals surface area (Å²) in [5, 5.41) is 6.55. The number of fused-ring (bicyclic) bond motifs is 1. The maximum absolute atomic E-state index is 13.4. The molecule has 0 bridgehead atoms. The van der Waals surface area contributed by atoms with Gasteiger partial charge in [-0.15, -0.1) is 0 Å². The van der Waals surface area contributed by atoms with Crippen LogP contribution in [0.4, 0.5) is 5.82 Å². The second-order valence-electron chi connectivity index (χ2n) is 10.9. The molecule has 1 spiro atoms. The molecule has 3 aliphatic carbocycles. The van der Waals surface area contributed by atoms with E-state index in [1.54, 1.807) is 6.20 Å². The maximum atomic E-state index is 13.4. The van der Waals surface area contributed by atoms with Gasteiger partial charge in [0.2, 0.25) is 11.8 Å². The molecule has 6 rings (SSSR count). The van der Waals surface area contributed by atoms with E-state index < -0.39 is 0 Å². The molecule has 3 fully saturated rings. The molecule has 4 atom stereocenters. The Labute approximate surface area is 201 Å². The zero-order valence-electron chi connectivity index (χ0n) is 19.9. The number of carbonyl (C=O) groups excluding carboxylic acids is 2. The van der Waals surface area contributed by atoms with E-state index >= 15 is 0 Å². The first-order valence-corrected chi connectivity index (χ1v) is 12.9. The fourth-order valence-electron chi connectivity index (χ4n) is 6.47. The van der Waals surface area contributed by atoms with Crippen LogP contribution >= 0.6 is 0 Å². The smallest absolute Gasteiger partial charge is 0.243 e. The molecule has 6 nitrogen and oxygen atoms in total. The van der Waals surface area contributed by atoms with Crippen LogP contribution < -0.4 is 10.6 Å². The van der Waals surface area contributed by atoms with Crippen molar-refractivity contribution in [3.63, 3.8) is 0 Å². The predicted octanol–water partition coefficient (Wildman–Crippen LogP) is 3.67. The normalized spacial score (nSPS) is 29.3. The Kier molecular flexibility index (Phi) is 5.44. The minimum atomic E-state index is -0.282. The molecule has 0 radical (unpaired) electrons. The first-order valence-electron chi connectivity index (χ1n) is 12.9. The summed E-state index contributed by atoms with van der Waals surface area (Å²) in [6, 6.07) is 12.6. The van der Waals surface area contributed by atoms with E-state index in [4.69, 9.17) is 0 Å². The summed E-state index contributed by atoms with van der Waals surface area (Å²) in [4.78, 5) is 32.5. The van der Waals surface area contributed by atoms with E-state index in [2.05, 4.69) is 45.6 Å². The van der Waals surface area contributed by atoms with Gasteiger partial charge in [-0.1, -0.05) is 37.1 Å². The lowest BCUT2D eigenvalue weighted by Gasteiger charge is -2.44. The average molecular weight is 459 g/mol. The van der Waals surface area contributed by atoms with Crippen molar-refractivity contribution < 1.29 is 9.59 Å². The molecule has 2 unspecified atom stereocenters. The Morgan fingerprint density at radius 1 is 1.18 bits per heavy atom. The van der Waals surface area contributed by atoms with Crippen molar-refractivity contribution in [2.75, 3.05) is 18.4 Å². The SMILES string of the molecule is C[C@H]1CNC2(CCCC2)C(=O)N1CC1CC1c1ccc2c(c1)C[C@H](C(=O)Nc1ccccn1)C2. The number of amides is 2. The Morgan fingerprint density at radius 3 is 2.79 bits per heavy atom. The number of nitrogens with zero attached hydrogens (tertiary/aromatic N) is 2. The summed E-state index contributed by atoms with van der Waals surface area (Å²) in [5.41, 5.74) is 3.69. The summed E-state index contributed by atoms with van der Waals surface area (Å²) in [5.74, 6) is 2.04. The van der Waals surface area contributed by atoms with Gasteiger partial charge in [0, 0.05) is 31.2 Å². The Bertz CT molecular complexity index is 1090. The number of pyridine rings is 1. The third kappa shape index (κ3) is 3.92. The van der Waals surface area contributed by atoms with Crippen LogP contribution in [0.15, 0.2) is 42.6 Å². The maximum Gasteiger partial charge on any atom is 0.243 e. The van der Waals surface area contributed by atoms with Gasteiger partial charge < -0.3 is 15.5 Å². The van der Waals surface area contributed by atoms with Crippen molar-refractivity contribution >= 4 is 17.6 Å². The molecule has 34 heavy (non-hydrogen) atoms. The molecule has 1 saturated heterocycles. The number of aromatic nitrogens is 1. The van der Waals surface area contributed by atoms with E-state index in [9.17, 15) is 9.59 Å². The van der Waals surface area contributed by atoms with Gasteiger partial charge in [0.05, 0.1) is 5.54 Å². The van der Waals surface area contributed by atoms with Crippen molar-refractivity contribution in [2.45, 2.75) is 69.4 Å². The summed E-state index contributed by atoms with van der Waals surface area (Å²) >= 11 is 0. The molecule has 2 amide bonds. The third-order valence-corrected chi connectivity index (χ3v) is 8.63. The molecule has 2 heterocycles. The van der Waals surface area contributed by atoms with Crippen molar-refractivity contribution in [2.24, 2.45) is 11.8 Å². The Hall–Kier alpha value is -2.73. The summed E-state index contributed by atoms with van der Waals surface area (Å²) in [6.07, 6.45) is 8.71. The van der Waals surface area contributed by atoms with Crippen LogP contribution in [-0.4, -0.2) is 46.4 Å². The molecule has 2 aromatic rings. The highest BCUT2D eigenvalue weighted by Crippen LogP contribution is 2.49. The first kappa shape index (κ1) is 21.8. The number of nitrogens with one attached hydrogen (secondary N) is 2. The van der Waals surface area contributed by atoms with Crippen molar-refractivity contribution in [1.82, 2.24) is 15.2 Å². The monoisotopic (exact) mass is 458 g/mol. The standard InChI is InChI=1S/C28H34N4O2/c1-18-16-30-28(9-3-4-10-28)27(34)32(18)17-23-15-24(23)20-8-7-19-12-22(14-21(19)13-20)26(33)31-25-6-2-5-11-29-25/h2,5-8,11,13,18,22-24,30H,3-4,9-10,12,14-17H2,1H3,(H,29,31,33)/t18-,22+,23?,24?/m0/s1. The van der Waals surface area contributed by atoms with Gasteiger partial charge in [-0.25, -0.2) is 4.98 Å². The quantitative estimate of drug-likeness (QED) is 0.717. The number of benzene rings is 1. The number of piperazine rings is 1. The van der Waals surface area contributed by atoms with E-state index in [1.165, 1.54) is 16.7 Å². The lowest BCUT2D eigenvalue weighted by molar-refractivity contribution is -0.144. The van der Waals surface area contributed by atoms with E-state index in [0.29, 0.717) is 23.6 Å². The molecule has 2 N–H and O–H groups in total. The Morgan fingerprint density at radius 2 is 2.00 bits per heavy atom. The number of hydrogen-bond donors (Lipinski definition) is 2. The second-order valence-corrected chi connectivity index (χ2v) is 10.9. The fraction of sp³-hybridized carbons (Fsp3) is 0.536. The zero-order valence-corrected chi connectivity index (χ0v) is 19.9. The van der Waals surface area contributed by atoms with Gasteiger partial charge in [0.1, 0.15) is 5.82 Å². The summed E-state index contributed by atoms with van der Waals surface area (Å²) in [6.45, 7) is 3.96. The van der Waals surface area contributed by atoms with Crippen LogP contribution in [0.2, 0.25) is 0 Å². The van der Waals surface area contributed by atoms with E-state index in [-0.39, 0.29) is 23.4 Å². The summed E-state index contributed by atoms with van der Waals surface area (Å²) < 4.78 is 0. The van der Waals surface area contributed by atoms with Crippen molar-refractivity contribution in [3.05, 3.63) is 59.3 Å². The number of rotatable bonds is 5. The van der Waals surface area contributed by atoms with Crippen LogP contribution in [0.3, 0.4) is 0 Å². The van der Waals surface area contributed by atoms with Gasteiger partial charge in [-0.3, -0.25) is 9.59 Å². The molecular weight excluding hydrogens is 424 g/mol. The van der Waals surface area contributed by atoms with Gasteiger partial charge in [-0.05, 0) is 79.7 Å². The van der Waals surface area contributed by atoms with E-state index in [1.807, 2.05) is 18.2 Å². The lowest BCUT2D eigenvalue weighted by Crippen LogP contribution is -2.66. The molecule has 2 saturated carbocycles. The minimum absolute atomic E-state index is 0.0378. The highest BCUT2D eigenvalue weighted by Gasteiger charge is 2.50. The molecule has 1 aromatic carbocycles. The molecule has 178 valence electrons. The topological polar surface area (TPSA) is 74.3 Å². The number of anilines is 1. The van der Waals surface area contributed by atoms with Crippen LogP contribution in [0.25, 0.3) is 0 Å². The lowest BCUT2D eigenvalue weighted by atomic mass is 9.91. The molecule has 4 aliphatic rings. The third-order valence-electron chi connectivity index (χ3n) is 8.63. The summed E-state index contributed by atoms with van der Waals surface area (Å²) in [7, 11) is 0. The highest BCUT2D eigenvalue weighted by molar-refractivity contribution is 5.92. The molecule has 6 heteroatoms.